The highest BCUT2D eigenvalue weighted by Gasteiger charge is 2.15. The van der Waals surface area contributed by atoms with Gasteiger partial charge in [0, 0.05) is 16.7 Å². The van der Waals surface area contributed by atoms with Gasteiger partial charge in [-0.2, -0.15) is 0 Å². The molecule has 0 N–H and O–H groups in total. The Kier molecular flexibility index (Phi) is 6.17. The maximum atomic E-state index is 9.20. The maximum Gasteiger partial charge on any atom is 0.164 e. The summed E-state index contributed by atoms with van der Waals surface area (Å²) in [6.07, 6.45) is 0. The van der Waals surface area contributed by atoms with E-state index < -0.39 is 24.2 Å². The Morgan fingerprint density at radius 1 is 0.315 bits per heavy atom. The number of hydrogen-bond acceptors (Lipinski definition) is 3. The average molecular weight is 695 g/mol. The molecule has 3 heteroatoms. The van der Waals surface area contributed by atoms with Gasteiger partial charge in [0.15, 0.2) is 17.5 Å². The van der Waals surface area contributed by atoms with Gasteiger partial charge in [0.05, 0.1) is 9.60 Å². The summed E-state index contributed by atoms with van der Waals surface area (Å²) in [4.78, 5) is 15.0. The topological polar surface area (TPSA) is 38.7 Å². The van der Waals surface area contributed by atoms with E-state index in [1.165, 1.54) is 0 Å². The molecule has 10 aromatic rings. The summed E-state index contributed by atoms with van der Waals surface area (Å²) in [6.45, 7) is 0. The Morgan fingerprint density at radius 2 is 0.833 bits per heavy atom. The molecular formula is C51H33N3. The van der Waals surface area contributed by atoms with E-state index in [1.54, 1.807) is 0 Å². The van der Waals surface area contributed by atoms with Gasteiger partial charge in [0.25, 0.3) is 0 Å². The van der Waals surface area contributed by atoms with Crippen LogP contribution in [0.3, 0.4) is 0 Å². The molecule has 0 fully saturated rings. The quantitative estimate of drug-likeness (QED) is 0.174. The van der Waals surface area contributed by atoms with Gasteiger partial charge >= 0.3 is 0 Å². The Labute approximate surface area is 323 Å². The Bertz CT molecular complexity index is 3390. The lowest BCUT2D eigenvalue weighted by Gasteiger charge is -2.14. The number of rotatable bonds is 6. The minimum Gasteiger partial charge on any atom is -0.208 e. The zero-order valence-electron chi connectivity index (χ0n) is 35.9. The average Bonchev–Trinajstić information content (AvgIpc) is 3.31. The predicted octanol–water partition coefficient (Wildman–Crippen LogP) is 13.3. The number of fused-ring (bicyclic) bond motifs is 3. The van der Waals surface area contributed by atoms with Crippen LogP contribution in [-0.4, -0.2) is 15.0 Å². The zero-order chi connectivity index (χ0) is 41.9. The van der Waals surface area contributed by atoms with Gasteiger partial charge < -0.3 is 0 Å². The lowest BCUT2D eigenvalue weighted by molar-refractivity contribution is 1.07. The molecule has 0 atom stereocenters. The van der Waals surface area contributed by atoms with Crippen LogP contribution < -0.4 is 0 Å². The SMILES string of the molecule is [2H]c1c([2H])c([2H])c2c([2H])c(-c3ccc(-c4cccc(-c5nc(-c6ccccc6)nc(-c6ccc7cc(-c8ccccc8)ccc7c6)n5)c4)c4ccccc34)c([2H])c([2H])c2c1[2H]. The second-order valence-corrected chi connectivity index (χ2v) is 13.1. The van der Waals surface area contributed by atoms with E-state index in [9.17, 15) is 1.37 Å². The van der Waals surface area contributed by atoms with E-state index in [1.807, 2.05) is 115 Å². The largest absolute Gasteiger partial charge is 0.208 e. The first-order valence-electron chi connectivity index (χ1n) is 21.2. The fourth-order valence-corrected chi connectivity index (χ4v) is 7.06. The van der Waals surface area contributed by atoms with Crippen molar-refractivity contribution in [3.8, 4) is 67.5 Å². The van der Waals surface area contributed by atoms with Crippen molar-refractivity contribution in [2.75, 3.05) is 0 Å². The van der Waals surface area contributed by atoms with Crippen molar-refractivity contribution in [2.24, 2.45) is 0 Å². The Hall–Kier alpha value is -7.23. The first kappa shape index (κ1) is 24.9. The molecule has 0 spiro atoms. The molecule has 0 unspecified atom stereocenters. The molecule has 0 bridgehead atoms. The molecule has 0 saturated carbocycles. The fraction of sp³-hybridized carbons (Fsp3) is 0. The van der Waals surface area contributed by atoms with Gasteiger partial charge in [-0.3, -0.25) is 0 Å². The van der Waals surface area contributed by atoms with Crippen molar-refractivity contribution in [3.05, 3.63) is 200 Å². The van der Waals surface area contributed by atoms with Gasteiger partial charge in [0.1, 0.15) is 0 Å². The molecule has 0 saturated heterocycles. The molecule has 1 heterocycles. The summed E-state index contributed by atoms with van der Waals surface area (Å²) < 4.78 is 60.6. The number of aromatic nitrogens is 3. The van der Waals surface area contributed by atoms with Crippen molar-refractivity contribution in [2.45, 2.75) is 0 Å². The van der Waals surface area contributed by atoms with Gasteiger partial charge in [0.2, 0.25) is 0 Å². The van der Waals surface area contributed by atoms with E-state index in [0.717, 1.165) is 60.5 Å². The first-order chi connectivity index (χ1) is 29.7. The van der Waals surface area contributed by atoms with E-state index in [4.69, 9.17) is 23.2 Å². The number of nitrogens with zero attached hydrogens (tertiary/aromatic N) is 3. The second kappa shape index (κ2) is 13.4. The minimum atomic E-state index is -0.495. The van der Waals surface area contributed by atoms with Crippen LogP contribution in [0.5, 0.6) is 0 Å². The Morgan fingerprint density at radius 3 is 1.54 bits per heavy atom. The van der Waals surface area contributed by atoms with E-state index >= 15 is 0 Å². The van der Waals surface area contributed by atoms with E-state index in [-0.39, 0.29) is 34.5 Å². The van der Waals surface area contributed by atoms with Gasteiger partial charge in [-0.25, -0.2) is 15.0 Å². The van der Waals surface area contributed by atoms with Crippen LogP contribution in [0.15, 0.2) is 200 Å². The molecule has 54 heavy (non-hydrogen) atoms. The number of hydrogen-bond donors (Lipinski definition) is 0. The van der Waals surface area contributed by atoms with Gasteiger partial charge in [-0.05, 0) is 89.9 Å². The molecule has 1 aromatic heterocycles. The van der Waals surface area contributed by atoms with Crippen LogP contribution in [0, 0.1) is 0 Å². The summed E-state index contributed by atoms with van der Waals surface area (Å²) in [5, 5.41) is 3.55. The number of benzene rings is 9. The Balaban J connectivity index is 1.09. The fourth-order valence-electron chi connectivity index (χ4n) is 7.06. The van der Waals surface area contributed by atoms with Crippen molar-refractivity contribution < 1.29 is 9.60 Å². The summed E-state index contributed by atoms with van der Waals surface area (Å²) in [5.41, 5.74) is 7.24. The standard InChI is InChI=1S/C51H33N3/c1-3-12-34(13-4-1)38-23-24-40-32-44(27-25-39(40)30-38)51-53-49(36-15-5-2-6-16-36)52-50(54-51)43-19-11-18-41(33-43)45-28-29-46(48-21-10-9-20-47(45)48)42-26-22-35-14-7-8-17-37(35)31-42/h1-33H/i7D,8D,14D,17D,22D,26D,31D. The molecule has 0 aliphatic carbocycles. The van der Waals surface area contributed by atoms with Crippen LogP contribution in [-0.2, 0) is 0 Å². The van der Waals surface area contributed by atoms with Crippen molar-refractivity contribution in [1.29, 1.82) is 0 Å². The summed E-state index contributed by atoms with van der Waals surface area (Å²) >= 11 is 0. The van der Waals surface area contributed by atoms with Crippen molar-refractivity contribution in [1.82, 2.24) is 15.0 Å². The lowest BCUT2D eigenvalue weighted by Crippen LogP contribution is -2.00. The van der Waals surface area contributed by atoms with E-state index in [2.05, 4.69) is 42.5 Å². The molecule has 0 aliphatic rings. The maximum absolute atomic E-state index is 9.20. The minimum absolute atomic E-state index is 0.0738. The third-order valence-electron chi connectivity index (χ3n) is 9.75. The smallest absolute Gasteiger partial charge is 0.164 e. The van der Waals surface area contributed by atoms with E-state index in [0.29, 0.717) is 23.0 Å². The van der Waals surface area contributed by atoms with Crippen LogP contribution in [0.25, 0.3) is 99.9 Å². The van der Waals surface area contributed by atoms with Crippen LogP contribution >= 0.6 is 0 Å². The highest BCUT2D eigenvalue weighted by molar-refractivity contribution is 6.06. The lowest BCUT2D eigenvalue weighted by atomic mass is 9.91. The molecule has 0 radical (unpaired) electrons. The zero-order valence-corrected chi connectivity index (χ0v) is 28.9. The molecule has 9 aromatic carbocycles. The summed E-state index contributed by atoms with van der Waals surface area (Å²) in [7, 11) is 0. The third-order valence-corrected chi connectivity index (χ3v) is 9.75. The predicted molar refractivity (Wildman–Crippen MR) is 225 cm³/mol. The molecule has 252 valence electrons. The van der Waals surface area contributed by atoms with Crippen LogP contribution in [0.2, 0.25) is 0 Å². The second-order valence-electron chi connectivity index (χ2n) is 13.1. The highest BCUT2D eigenvalue weighted by atomic mass is 15.0. The van der Waals surface area contributed by atoms with Crippen molar-refractivity contribution in [3.63, 3.8) is 0 Å². The van der Waals surface area contributed by atoms with Gasteiger partial charge in [-0.1, -0.05) is 176 Å². The summed E-state index contributed by atoms with van der Waals surface area (Å²) in [5.74, 6) is 1.60. The normalized spacial score (nSPS) is 13.1. The molecule has 3 nitrogen and oxygen atoms in total. The molecule has 0 amide bonds. The third kappa shape index (κ3) is 5.88. The highest BCUT2D eigenvalue weighted by Crippen LogP contribution is 2.38. The monoisotopic (exact) mass is 694 g/mol. The molecular weight excluding hydrogens is 655 g/mol. The van der Waals surface area contributed by atoms with Crippen LogP contribution in [0.1, 0.15) is 9.60 Å². The first-order valence-corrected chi connectivity index (χ1v) is 17.7. The van der Waals surface area contributed by atoms with Crippen molar-refractivity contribution >= 4 is 32.3 Å². The molecule has 10 rings (SSSR count). The van der Waals surface area contributed by atoms with Gasteiger partial charge in [-0.15, -0.1) is 0 Å². The summed E-state index contributed by atoms with van der Waals surface area (Å²) in [6, 6.07) is 49.7. The molecule has 0 aliphatic heterocycles. The van der Waals surface area contributed by atoms with Crippen LogP contribution in [0.4, 0.5) is 0 Å².